The van der Waals surface area contributed by atoms with E-state index in [4.69, 9.17) is 0 Å². The highest BCUT2D eigenvalue weighted by Gasteiger charge is 2.48. The Kier molecular flexibility index (Phi) is 5.52. The second kappa shape index (κ2) is 8.50. The van der Waals surface area contributed by atoms with E-state index in [9.17, 15) is 14.0 Å². The maximum absolute atomic E-state index is 13.7. The molecule has 170 valence electrons. The number of aromatic nitrogens is 1. The summed E-state index contributed by atoms with van der Waals surface area (Å²) in [6, 6.07) is 19.9. The Labute approximate surface area is 193 Å². The van der Waals surface area contributed by atoms with Crippen LogP contribution >= 0.6 is 0 Å². The van der Waals surface area contributed by atoms with E-state index in [1.54, 1.807) is 17.0 Å². The summed E-state index contributed by atoms with van der Waals surface area (Å²) < 4.78 is 15.4. The van der Waals surface area contributed by atoms with Crippen LogP contribution in [-0.4, -0.2) is 32.9 Å². The SMILES string of the molecule is CC1(C(=O)NC2CCCC2)Cn2c(ccc2-c2ccccc2)C(=O)N1Cc1ccc(F)cc1. The molecule has 1 aliphatic heterocycles. The molecule has 2 amide bonds. The number of nitrogens with one attached hydrogen (secondary N) is 1. The van der Waals surface area contributed by atoms with E-state index >= 15 is 0 Å². The molecule has 0 saturated heterocycles. The number of carbonyl (C=O) groups excluding carboxylic acids is 2. The zero-order chi connectivity index (χ0) is 23.0. The topological polar surface area (TPSA) is 54.3 Å². The van der Waals surface area contributed by atoms with E-state index in [-0.39, 0.29) is 30.2 Å². The van der Waals surface area contributed by atoms with Crippen molar-refractivity contribution in [2.45, 2.75) is 57.3 Å². The zero-order valence-corrected chi connectivity index (χ0v) is 18.8. The van der Waals surface area contributed by atoms with Crippen molar-refractivity contribution in [2.24, 2.45) is 0 Å². The summed E-state index contributed by atoms with van der Waals surface area (Å²) in [6.45, 7) is 2.43. The lowest BCUT2D eigenvalue weighted by molar-refractivity contribution is -0.133. The summed E-state index contributed by atoms with van der Waals surface area (Å²) in [4.78, 5) is 29.1. The van der Waals surface area contributed by atoms with Crippen LogP contribution in [0.4, 0.5) is 4.39 Å². The minimum atomic E-state index is -1.08. The molecule has 5 nitrogen and oxygen atoms in total. The fraction of sp³-hybridized carbons (Fsp3) is 0.333. The number of carbonyl (C=O) groups is 2. The van der Waals surface area contributed by atoms with Gasteiger partial charge in [-0.25, -0.2) is 4.39 Å². The molecule has 33 heavy (non-hydrogen) atoms. The predicted molar refractivity (Wildman–Crippen MR) is 125 cm³/mol. The van der Waals surface area contributed by atoms with Crippen LogP contribution in [0, 0.1) is 5.82 Å². The van der Waals surface area contributed by atoms with Crippen LogP contribution in [0.3, 0.4) is 0 Å². The molecule has 1 saturated carbocycles. The summed E-state index contributed by atoms with van der Waals surface area (Å²) in [6.07, 6.45) is 4.16. The molecule has 1 aromatic heterocycles. The van der Waals surface area contributed by atoms with Gasteiger partial charge >= 0.3 is 0 Å². The van der Waals surface area contributed by atoms with Crippen molar-refractivity contribution in [3.63, 3.8) is 0 Å². The highest BCUT2D eigenvalue weighted by molar-refractivity contribution is 6.00. The second-order valence-electron chi connectivity index (χ2n) is 9.30. The first-order valence-corrected chi connectivity index (χ1v) is 11.6. The molecule has 0 radical (unpaired) electrons. The van der Waals surface area contributed by atoms with Gasteiger partial charge < -0.3 is 14.8 Å². The number of hydrogen-bond donors (Lipinski definition) is 1. The highest BCUT2D eigenvalue weighted by Crippen LogP contribution is 2.34. The van der Waals surface area contributed by atoms with Gasteiger partial charge in [0, 0.05) is 18.3 Å². The fourth-order valence-electron chi connectivity index (χ4n) is 5.07. The monoisotopic (exact) mass is 445 g/mol. The van der Waals surface area contributed by atoms with Crippen LogP contribution in [0.1, 0.15) is 48.7 Å². The highest BCUT2D eigenvalue weighted by atomic mass is 19.1. The molecule has 6 heteroatoms. The molecular weight excluding hydrogens is 417 g/mol. The van der Waals surface area contributed by atoms with Crippen molar-refractivity contribution in [2.75, 3.05) is 0 Å². The smallest absolute Gasteiger partial charge is 0.271 e. The quantitative estimate of drug-likeness (QED) is 0.615. The number of rotatable bonds is 5. The van der Waals surface area contributed by atoms with Crippen molar-refractivity contribution in [1.29, 1.82) is 0 Å². The number of fused-ring (bicyclic) bond motifs is 1. The third-order valence-electron chi connectivity index (χ3n) is 7.01. The number of hydrogen-bond acceptors (Lipinski definition) is 2. The molecule has 1 N–H and O–H groups in total. The normalized spacial score (nSPS) is 20.7. The molecule has 0 spiro atoms. The van der Waals surface area contributed by atoms with Crippen molar-refractivity contribution in [3.05, 3.63) is 83.8 Å². The molecule has 2 heterocycles. The van der Waals surface area contributed by atoms with E-state index < -0.39 is 5.54 Å². The Bertz CT molecular complexity index is 1170. The van der Waals surface area contributed by atoms with Crippen molar-refractivity contribution >= 4 is 11.8 Å². The molecule has 1 unspecified atom stereocenters. The zero-order valence-electron chi connectivity index (χ0n) is 18.8. The lowest BCUT2D eigenvalue weighted by Crippen LogP contribution is -2.64. The Hall–Kier alpha value is -3.41. The second-order valence-corrected chi connectivity index (χ2v) is 9.30. The van der Waals surface area contributed by atoms with Gasteiger partial charge in [0.15, 0.2) is 0 Å². The first-order chi connectivity index (χ1) is 16.0. The van der Waals surface area contributed by atoms with Crippen molar-refractivity contribution in [3.8, 4) is 11.3 Å². The van der Waals surface area contributed by atoms with Gasteiger partial charge in [-0.3, -0.25) is 9.59 Å². The number of benzene rings is 2. The van der Waals surface area contributed by atoms with E-state index in [1.807, 2.05) is 54.0 Å². The Balaban J connectivity index is 1.54. The van der Waals surface area contributed by atoms with Crippen LogP contribution in [-0.2, 0) is 17.9 Å². The number of halogens is 1. The molecule has 2 aliphatic rings. The van der Waals surface area contributed by atoms with Gasteiger partial charge in [0.25, 0.3) is 5.91 Å². The average molecular weight is 446 g/mol. The van der Waals surface area contributed by atoms with Crippen molar-refractivity contribution < 1.29 is 14.0 Å². The maximum atomic E-state index is 13.7. The van der Waals surface area contributed by atoms with Gasteiger partial charge in [0.1, 0.15) is 17.1 Å². The third kappa shape index (κ3) is 3.94. The van der Waals surface area contributed by atoms with Gasteiger partial charge in [0.05, 0.1) is 6.54 Å². The summed E-state index contributed by atoms with van der Waals surface area (Å²) in [7, 11) is 0. The number of nitrogens with zero attached hydrogens (tertiary/aromatic N) is 2. The molecule has 2 aromatic carbocycles. The lowest BCUT2D eigenvalue weighted by Gasteiger charge is -2.45. The van der Waals surface area contributed by atoms with Crippen LogP contribution in [0.5, 0.6) is 0 Å². The molecule has 0 bridgehead atoms. The predicted octanol–water partition coefficient (Wildman–Crippen LogP) is 4.77. The summed E-state index contributed by atoms with van der Waals surface area (Å²) in [5, 5.41) is 3.21. The Morgan fingerprint density at radius 3 is 2.36 bits per heavy atom. The standard InChI is InChI=1S/C27H28FN3O2/c1-27(26(33)29-22-9-5-6-10-22)18-30-23(20-7-3-2-4-8-20)15-16-24(30)25(32)31(27)17-19-11-13-21(28)14-12-19/h2-4,7-8,11-16,22H,5-6,9-10,17-18H2,1H3,(H,29,33). The fourth-order valence-corrected chi connectivity index (χ4v) is 5.07. The molecule has 1 fully saturated rings. The van der Waals surface area contributed by atoms with E-state index in [2.05, 4.69) is 5.32 Å². The van der Waals surface area contributed by atoms with E-state index in [0.29, 0.717) is 12.2 Å². The first kappa shape index (κ1) is 21.4. The Morgan fingerprint density at radius 2 is 1.67 bits per heavy atom. The molecule has 1 atom stereocenters. The van der Waals surface area contributed by atoms with E-state index in [1.165, 1.54) is 12.1 Å². The molecule has 1 aliphatic carbocycles. The third-order valence-corrected chi connectivity index (χ3v) is 7.01. The molecule has 3 aromatic rings. The van der Waals surface area contributed by atoms with E-state index in [0.717, 1.165) is 42.5 Å². The largest absolute Gasteiger partial charge is 0.351 e. The van der Waals surface area contributed by atoms with Gasteiger partial charge in [-0.1, -0.05) is 55.3 Å². The first-order valence-electron chi connectivity index (χ1n) is 11.6. The average Bonchev–Trinajstić information content (AvgIpc) is 3.48. The van der Waals surface area contributed by atoms with Crippen LogP contribution in [0.2, 0.25) is 0 Å². The Morgan fingerprint density at radius 1 is 1.00 bits per heavy atom. The van der Waals surface area contributed by atoms with Gasteiger partial charge in [-0.05, 0) is 55.2 Å². The van der Waals surface area contributed by atoms with Gasteiger partial charge in [-0.15, -0.1) is 0 Å². The van der Waals surface area contributed by atoms with Gasteiger partial charge in [0.2, 0.25) is 5.91 Å². The minimum absolute atomic E-state index is 0.136. The summed E-state index contributed by atoms with van der Waals surface area (Å²) in [5.74, 6) is -0.660. The van der Waals surface area contributed by atoms with Crippen LogP contribution < -0.4 is 5.32 Å². The van der Waals surface area contributed by atoms with Gasteiger partial charge in [-0.2, -0.15) is 0 Å². The summed E-state index contributed by atoms with van der Waals surface area (Å²) >= 11 is 0. The minimum Gasteiger partial charge on any atom is -0.351 e. The number of amides is 2. The molecule has 5 rings (SSSR count). The van der Waals surface area contributed by atoms with Crippen LogP contribution in [0.15, 0.2) is 66.7 Å². The summed E-state index contributed by atoms with van der Waals surface area (Å²) in [5.41, 5.74) is 2.18. The maximum Gasteiger partial charge on any atom is 0.271 e. The lowest BCUT2D eigenvalue weighted by atomic mass is 9.93. The van der Waals surface area contributed by atoms with Crippen molar-refractivity contribution in [1.82, 2.24) is 14.8 Å². The van der Waals surface area contributed by atoms with Crippen LogP contribution in [0.25, 0.3) is 11.3 Å². The molecular formula is C27H28FN3O2.